The molecular weight excluding hydrogens is 282 g/mol. The molecule has 2 aliphatic rings. The summed E-state index contributed by atoms with van der Waals surface area (Å²) in [5.74, 6) is 1.63. The van der Waals surface area contributed by atoms with Crippen LogP contribution in [0.5, 0.6) is 0 Å². The van der Waals surface area contributed by atoms with Gasteiger partial charge in [0.2, 0.25) is 0 Å². The van der Waals surface area contributed by atoms with E-state index in [9.17, 15) is 0 Å². The standard InChI is InChI=1S/C20H23N3/c1-2-7-16(8-3-1)17-10-6-14-23(15-20-21-12-13-22-20)19-11-5-4-9-18(17)19/h1-5,7-9,11,17H,6,10,12-15H2,(H,21,22). The van der Waals surface area contributed by atoms with Crippen LogP contribution in [0, 0.1) is 0 Å². The Morgan fingerprint density at radius 1 is 1.04 bits per heavy atom. The van der Waals surface area contributed by atoms with Crippen LogP contribution in [0.15, 0.2) is 59.6 Å². The number of nitrogens with one attached hydrogen (secondary N) is 1. The monoisotopic (exact) mass is 305 g/mol. The van der Waals surface area contributed by atoms with E-state index in [2.05, 4.69) is 69.8 Å². The number of hydrogen-bond donors (Lipinski definition) is 1. The summed E-state index contributed by atoms with van der Waals surface area (Å²) >= 11 is 0. The van der Waals surface area contributed by atoms with Crippen molar-refractivity contribution in [2.45, 2.75) is 18.8 Å². The SMILES string of the molecule is c1ccc(C2CCCN(CC3=NCCN3)c3ccccc32)cc1. The molecule has 0 bridgehead atoms. The Morgan fingerprint density at radius 2 is 1.87 bits per heavy atom. The Morgan fingerprint density at radius 3 is 2.70 bits per heavy atom. The topological polar surface area (TPSA) is 27.6 Å². The van der Waals surface area contributed by atoms with Crippen molar-refractivity contribution in [3.63, 3.8) is 0 Å². The van der Waals surface area contributed by atoms with Crippen molar-refractivity contribution >= 4 is 11.5 Å². The molecular formula is C20H23N3. The highest BCUT2D eigenvalue weighted by molar-refractivity contribution is 5.88. The molecule has 2 heterocycles. The number of rotatable bonds is 3. The van der Waals surface area contributed by atoms with E-state index in [-0.39, 0.29) is 0 Å². The van der Waals surface area contributed by atoms with Gasteiger partial charge >= 0.3 is 0 Å². The van der Waals surface area contributed by atoms with Gasteiger partial charge in [0.25, 0.3) is 0 Å². The maximum Gasteiger partial charge on any atom is 0.116 e. The summed E-state index contributed by atoms with van der Waals surface area (Å²) in [6.07, 6.45) is 2.42. The number of benzene rings is 2. The number of amidine groups is 1. The number of hydrogen-bond acceptors (Lipinski definition) is 3. The second-order valence-electron chi connectivity index (χ2n) is 6.34. The van der Waals surface area contributed by atoms with E-state index < -0.39 is 0 Å². The molecule has 118 valence electrons. The predicted octanol–water partition coefficient (Wildman–Crippen LogP) is 3.42. The zero-order chi connectivity index (χ0) is 15.5. The van der Waals surface area contributed by atoms with Crippen LogP contribution >= 0.6 is 0 Å². The van der Waals surface area contributed by atoms with Crippen molar-refractivity contribution in [1.82, 2.24) is 5.32 Å². The van der Waals surface area contributed by atoms with Crippen LogP contribution in [0.3, 0.4) is 0 Å². The van der Waals surface area contributed by atoms with E-state index in [4.69, 9.17) is 0 Å². The first-order valence-electron chi connectivity index (χ1n) is 8.58. The van der Waals surface area contributed by atoms with Crippen molar-refractivity contribution in [3.05, 3.63) is 65.7 Å². The van der Waals surface area contributed by atoms with Gasteiger partial charge in [0.05, 0.1) is 13.1 Å². The van der Waals surface area contributed by atoms with Crippen LogP contribution in [-0.2, 0) is 0 Å². The normalized spacial score (nSPS) is 20.4. The molecule has 0 radical (unpaired) electrons. The molecule has 2 aromatic rings. The largest absolute Gasteiger partial charge is 0.370 e. The fourth-order valence-corrected chi connectivity index (χ4v) is 3.76. The highest BCUT2D eigenvalue weighted by atomic mass is 15.2. The van der Waals surface area contributed by atoms with Gasteiger partial charge in [-0.1, -0.05) is 48.5 Å². The Labute approximate surface area is 138 Å². The molecule has 2 aromatic carbocycles. The molecule has 0 amide bonds. The minimum Gasteiger partial charge on any atom is -0.370 e. The maximum atomic E-state index is 4.57. The van der Waals surface area contributed by atoms with Crippen LogP contribution in [-0.4, -0.2) is 32.0 Å². The highest BCUT2D eigenvalue weighted by Gasteiger charge is 2.24. The minimum absolute atomic E-state index is 0.496. The van der Waals surface area contributed by atoms with E-state index in [0.29, 0.717) is 5.92 Å². The van der Waals surface area contributed by atoms with Gasteiger partial charge < -0.3 is 10.2 Å². The fraction of sp³-hybridized carbons (Fsp3) is 0.350. The van der Waals surface area contributed by atoms with Crippen molar-refractivity contribution in [2.75, 3.05) is 31.1 Å². The maximum absolute atomic E-state index is 4.57. The van der Waals surface area contributed by atoms with E-state index in [1.54, 1.807) is 0 Å². The summed E-state index contributed by atoms with van der Waals surface area (Å²) in [7, 11) is 0. The molecule has 3 heteroatoms. The Hall–Kier alpha value is -2.29. The van der Waals surface area contributed by atoms with Gasteiger partial charge in [-0.05, 0) is 30.0 Å². The predicted molar refractivity (Wildman–Crippen MR) is 96.5 cm³/mol. The van der Waals surface area contributed by atoms with Crippen LogP contribution in [0.4, 0.5) is 5.69 Å². The van der Waals surface area contributed by atoms with Crippen molar-refractivity contribution in [2.24, 2.45) is 4.99 Å². The average molecular weight is 305 g/mol. The van der Waals surface area contributed by atoms with E-state index in [1.165, 1.54) is 29.7 Å². The zero-order valence-corrected chi connectivity index (χ0v) is 13.4. The third kappa shape index (κ3) is 2.96. The Balaban J connectivity index is 1.69. The van der Waals surface area contributed by atoms with Gasteiger partial charge in [0.1, 0.15) is 5.84 Å². The van der Waals surface area contributed by atoms with E-state index >= 15 is 0 Å². The molecule has 2 aliphatic heterocycles. The highest BCUT2D eigenvalue weighted by Crippen LogP contribution is 2.38. The molecule has 23 heavy (non-hydrogen) atoms. The van der Waals surface area contributed by atoms with Crippen molar-refractivity contribution in [1.29, 1.82) is 0 Å². The third-order valence-corrected chi connectivity index (χ3v) is 4.86. The lowest BCUT2D eigenvalue weighted by atomic mass is 9.87. The number of aliphatic imine (C=N–C) groups is 1. The molecule has 0 fully saturated rings. The smallest absolute Gasteiger partial charge is 0.116 e. The lowest BCUT2D eigenvalue weighted by molar-refractivity contribution is 0.679. The first-order valence-corrected chi connectivity index (χ1v) is 8.58. The number of nitrogens with zero attached hydrogens (tertiary/aromatic N) is 2. The van der Waals surface area contributed by atoms with Gasteiger partial charge in [0, 0.05) is 24.7 Å². The molecule has 0 saturated heterocycles. The second kappa shape index (κ2) is 6.45. The summed E-state index contributed by atoms with van der Waals surface area (Å²) in [5, 5.41) is 3.41. The summed E-state index contributed by atoms with van der Waals surface area (Å²) in [6.45, 7) is 3.90. The molecule has 0 saturated carbocycles. The van der Waals surface area contributed by atoms with Crippen LogP contribution in [0.2, 0.25) is 0 Å². The minimum atomic E-state index is 0.496. The van der Waals surface area contributed by atoms with Crippen LogP contribution in [0.25, 0.3) is 0 Å². The second-order valence-corrected chi connectivity index (χ2v) is 6.34. The molecule has 0 spiro atoms. The van der Waals surface area contributed by atoms with E-state index in [0.717, 1.165) is 32.0 Å². The van der Waals surface area contributed by atoms with E-state index in [1.807, 2.05) is 0 Å². The lowest BCUT2D eigenvalue weighted by Crippen LogP contribution is -2.35. The molecule has 0 aromatic heterocycles. The first kappa shape index (κ1) is 14.3. The number of anilines is 1. The first-order chi connectivity index (χ1) is 11.4. The molecule has 1 unspecified atom stereocenters. The molecule has 4 rings (SSSR count). The number of para-hydroxylation sites is 1. The van der Waals surface area contributed by atoms with Gasteiger partial charge in [-0.3, -0.25) is 4.99 Å². The lowest BCUT2D eigenvalue weighted by Gasteiger charge is -2.26. The molecule has 1 N–H and O–H groups in total. The fourth-order valence-electron chi connectivity index (χ4n) is 3.76. The van der Waals surface area contributed by atoms with Gasteiger partial charge in [0.15, 0.2) is 0 Å². The van der Waals surface area contributed by atoms with Crippen LogP contribution < -0.4 is 10.2 Å². The molecule has 3 nitrogen and oxygen atoms in total. The number of fused-ring (bicyclic) bond motifs is 1. The van der Waals surface area contributed by atoms with Crippen molar-refractivity contribution < 1.29 is 0 Å². The Bertz CT molecular complexity index is 693. The van der Waals surface area contributed by atoms with Crippen LogP contribution in [0.1, 0.15) is 29.9 Å². The zero-order valence-electron chi connectivity index (χ0n) is 13.4. The van der Waals surface area contributed by atoms with Gasteiger partial charge in [-0.25, -0.2) is 0 Å². The molecule has 1 atom stereocenters. The summed E-state index contributed by atoms with van der Waals surface area (Å²) in [4.78, 5) is 7.07. The third-order valence-electron chi connectivity index (χ3n) is 4.86. The summed E-state index contributed by atoms with van der Waals surface area (Å²) in [6, 6.07) is 19.8. The quantitative estimate of drug-likeness (QED) is 0.941. The molecule has 0 aliphatic carbocycles. The summed E-state index contributed by atoms with van der Waals surface area (Å²) in [5.41, 5.74) is 4.25. The summed E-state index contributed by atoms with van der Waals surface area (Å²) < 4.78 is 0. The average Bonchev–Trinajstić information content (AvgIpc) is 3.05. The van der Waals surface area contributed by atoms with Crippen molar-refractivity contribution in [3.8, 4) is 0 Å². The Kier molecular flexibility index (Phi) is 4.01. The van der Waals surface area contributed by atoms with Gasteiger partial charge in [-0.2, -0.15) is 0 Å². The van der Waals surface area contributed by atoms with Gasteiger partial charge in [-0.15, -0.1) is 0 Å².